The number of sulfonamides is 1. The minimum Gasteiger partial charge on any atom is -0.481 e. The number of halogens is 2. The number of hydrogen-bond acceptors (Lipinski definition) is 4. The lowest BCUT2D eigenvalue weighted by atomic mass is 10.2. The maximum Gasteiger partial charge on any atom is 0.257 e. The summed E-state index contributed by atoms with van der Waals surface area (Å²) >= 11 is 6.39. The molecule has 1 amide bonds. The summed E-state index contributed by atoms with van der Waals surface area (Å²) in [5.74, 6) is 0.432. The highest BCUT2D eigenvalue weighted by molar-refractivity contribution is 9.11. The van der Waals surface area contributed by atoms with E-state index in [4.69, 9.17) is 9.88 Å². The lowest BCUT2D eigenvalue weighted by Gasteiger charge is -2.12. The van der Waals surface area contributed by atoms with Gasteiger partial charge in [0.15, 0.2) is 6.61 Å². The second-order valence-corrected chi connectivity index (χ2v) is 8.02. The SMILES string of the molecule is CC(C)CNC(=O)COc1c(Br)cc(S(N)(=O)=O)cc1Br. The van der Waals surface area contributed by atoms with Gasteiger partial charge in [-0.15, -0.1) is 0 Å². The molecule has 0 spiro atoms. The van der Waals surface area contributed by atoms with Gasteiger partial charge in [0.05, 0.1) is 13.8 Å². The van der Waals surface area contributed by atoms with Crippen LogP contribution < -0.4 is 15.2 Å². The van der Waals surface area contributed by atoms with Crippen molar-refractivity contribution in [3.05, 3.63) is 21.1 Å². The first-order valence-electron chi connectivity index (χ1n) is 6.02. The third-order valence-corrected chi connectivity index (χ3v) is 4.43. The number of rotatable bonds is 6. The Hall–Kier alpha value is -0.640. The summed E-state index contributed by atoms with van der Waals surface area (Å²) in [6.45, 7) is 4.37. The number of ether oxygens (including phenoxy) is 1. The fraction of sp³-hybridized carbons (Fsp3) is 0.417. The van der Waals surface area contributed by atoms with Crippen LogP contribution in [0.15, 0.2) is 26.0 Å². The van der Waals surface area contributed by atoms with E-state index in [1.54, 1.807) is 0 Å². The zero-order valence-corrected chi connectivity index (χ0v) is 15.5. The Morgan fingerprint density at radius 3 is 2.29 bits per heavy atom. The lowest BCUT2D eigenvalue weighted by molar-refractivity contribution is -0.123. The maximum atomic E-state index is 11.6. The van der Waals surface area contributed by atoms with Crippen molar-refractivity contribution in [1.29, 1.82) is 0 Å². The van der Waals surface area contributed by atoms with E-state index in [2.05, 4.69) is 37.2 Å². The van der Waals surface area contributed by atoms with Gasteiger partial charge in [-0.1, -0.05) is 13.8 Å². The normalized spacial score (nSPS) is 11.5. The summed E-state index contributed by atoms with van der Waals surface area (Å²) in [5, 5.41) is 7.78. The quantitative estimate of drug-likeness (QED) is 0.702. The molecule has 1 rings (SSSR count). The van der Waals surface area contributed by atoms with E-state index in [0.717, 1.165) is 0 Å². The van der Waals surface area contributed by atoms with E-state index < -0.39 is 10.0 Å². The minimum absolute atomic E-state index is 0.0575. The molecule has 0 unspecified atom stereocenters. The van der Waals surface area contributed by atoms with Crippen LogP contribution in [0.2, 0.25) is 0 Å². The van der Waals surface area contributed by atoms with Crippen molar-refractivity contribution in [2.24, 2.45) is 11.1 Å². The van der Waals surface area contributed by atoms with Crippen LogP contribution in [0.4, 0.5) is 0 Å². The summed E-state index contributed by atoms with van der Waals surface area (Å²) < 4.78 is 28.8. The molecule has 0 aliphatic carbocycles. The zero-order valence-electron chi connectivity index (χ0n) is 11.5. The Morgan fingerprint density at radius 1 is 1.33 bits per heavy atom. The Morgan fingerprint density at radius 2 is 1.86 bits per heavy atom. The van der Waals surface area contributed by atoms with Crippen molar-refractivity contribution in [2.75, 3.05) is 13.2 Å². The second-order valence-electron chi connectivity index (χ2n) is 4.75. The Bertz CT molecular complexity index is 609. The number of primary sulfonamides is 1. The highest BCUT2D eigenvalue weighted by Gasteiger charge is 2.16. The van der Waals surface area contributed by atoms with E-state index in [0.29, 0.717) is 27.2 Å². The maximum absolute atomic E-state index is 11.6. The Balaban J connectivity index is 2.79. The summed E-state index contributed by atoms with van der Waals surface area (Å²) in [6.07, 6.45) is 0. The number of amides is 1. The van der Waals surface area contributed by atoms with E-state index in [-0.39, 0.29) is 17.4 Å². The van der Waals surface area contributed by atoms with Gasteiger partial charge in [-0.05, 0) is 49.9 Å². The molecule has 118 valence electrons. The van der Waals surface area contributed by atoms with Crippen LogP contribution in [0.3, 0.4) is 0 Å². The number of nitrogens with two attached hydrogens (primary N) is 1. The highest BCUT2D eigenvalue weighted by Crippen LogP contribution is 2.35. The molecule has 0 radical (unpaired) electrons. The molecule has 0 heterocycles. The predicted molar refractivity (Wildman–Crippen MR) is 86.6 cm³/mol. The number of nitrogens with one attached hydrogen (secondary N) is 1. The Kier molecular flexibility index (Phi) is 6.64. The van der Waals surface area contributed by atoms with Crippen molar-refractivity contribution in [2.45, 2.75) is 18.7 Å². The first-order valence-corrected chi connectivity index (χ1v) is 9.16. The molecule has 0 aliphatic heterocycles. The molecule has 0 saturated heterocycles. The molecule has 0 bridgehead atoms. The van der Waals surface area contributed by atoms with Crippen LogP contribution in [0, 0.1) is 5.92 Å². The van der Waals surface area contributed by atoms with Gasteiger partial charge in [0, 0.05) is 6.54 Å². The van der Waals surface area contributed by atoms with E-state index in [1.807, 2.05) is 13.8 Å². The average molecular weight is 444 g/mol. The molecule has 0 atom stereocenters. The smallest absolute Gasteiger partial charge is 0.257 e. The first kappa shape index (κ1) is 18.4. The molecule has 0 aliphatic rings. The lowest BCUT2D eigenvalue weighted by Crippen LogP contribution is -2.31. The van der Waals surface area contributed by atoms with Gasteiger partial charge in [-0.25, -0.2) is 13.6 Å². The third kappa shape index (κ3) is 5.93. The fourth-order valence-corrected chi connectivity index (χ4v) is 3.63. The molecular weight excluding hydrogens is 428 g/mol. The monoisotopic (exact) mass is 442 g/mol. The van der Waals surface area contributed by atoms with Crippen LogP contribution in [0.25, 0.3) is 0 Å². The summed E-state index contributed by atoms with van der Waals surface area (Å²) in [4.78, 5) is 11.5. The molecule has 3 N–H and O–H groups in total. The number of carbonyl (C=O) groups excluding carboxylic acids is 1. The molecule has 6 nitrogen and oxygen atoms in total. The zero-order chi connectivity index (χ0) is 16.2. The third-order valence-electron chi connectivity index (χ3n) is 2.36. The molecule has 0 saturated carbocycles. The van der Waals surface area contributed by atoms with Crippen molar-refractivity contribution in [3.63, 3.8) is 0 Å². The van der Waals surface area contributed by atoms with Gasteiger partial charge in [-0.3, -0.25) is 4.79 Å². The average Bonchev–Trinajstić information content (AvgIpc) is 2.33. The summed E-state index contributed by atoms with van der Waals surface area (Å²) in [7, 11) is -3.81. The Labute approximate surface area is 140 Å². The number of hydrogen-bond donors (Lipinski definition) is 2. The van der Waals surface area contributed by atoms with E-state index in [9.17, 15) is 13.2 Å². The van der Waals surface area contributed by atoms with Crippen LogP contribution in [0.5, 0.6) is 5.75 Å². The second kappa shape index (κ2) is 7.57. The van der Waals surface area contributed by atoms with Gasteiger partial charge in [-0.2, -0.15) is 0 Å². The number of benzene rings is 1. The van der Waals surface area contributed by atoms with Crippen LogP contribution in [-0.4, -0.2) is 27.5 Å². The van der Waals surface area contributed by atoms with Gasteiger partial charge in [0.2, 0.25) is 10.0 Å². The molecule has 1 aromatic carbocycles. The van der Waals surface area contributed by atoms with Crippen molar-refractivity contribution in [1.82, 2.24) is 5.32 Å². The summed E-state index contributed by atoms with van der Waals surface area (Å²) in [5.41, 5.74) is 0. The van der Waals surface area contributed by atoms with Gasteiger partial charge in [0.25, 0.3) is 5.91 Å². The van der Waals surface area contributed by atoms with Crippen LogP contribution in [-0.2, 0) is 14.8 Å². The van der Waals surface area contributed by atoms with Gasteiger partial charge < -0.3 is 10.1 Å². The van der Waals surface area contributed by atoms with E-state index >= 15 is 0 Å². The standard InChI is InChI=1S/C12H16Br2N2O4S/c1-7(2)5-16-11(17)6-20-12-9(13)3-8(4-10(12)14)21(15,18)19/h3-4,7H,5-6H2,1-2H3,(H,16,17)(H2,15,18,19). The first-order chi connectivity index (χ1) is 9.61. The van der Waals surface area contributed by atoms with Gasteiger partial charge >= 0.3 is 0 Å². The van der Waals surface area contributed by atoms with Gasteiger partial charge in [0.1, 0.15) is 5.75 Å². The fourth-order valence-electron chi connectivity index (χ4n) is 1.35. The van der Waals surface area contributed by atoms with Crippen molar-refractivity contribution < 1.29 is 17.9 Å². The van der Waals surface area contributed by atoms with Crippen LogP contribution in [0.1, 0.15) is 13.8 Å². The predicted octanol–water partition coefficient (Wildman–Crippen LogP) is 2.01. The summed E-state index contributed by atoms with van der Waals surface area (Å²) in [6, 6.07) is 2.64. The van der Waals surface area contributed by atoms with Crippen LogP contribution >= 0.6 is 31.9 Å². The van der Waals surface area contributed by atoms with Crippen molar-refractivity contribution >= 4 is 47.8 Å². The molecule has 21 heavy (non-hydrogen) atoms. The minimum atomic E-state index is -3.81. The molecule has 0 fully saturated rings. The molecule has 9 heteroatoms. The molecule has 0 aromatic heterocycles. The highest BCUT2D eigenvalue weighted by atomic mass is 79.9. The molecular formula is C12H16Br2N2O4S. The topological polar surface area (TPSA) is 98.5 Å². The van der Waals surface area contributed by atoms with E-state index in [1.165, 1.54) is 12.1 Å². The largest absolute Gasteiger partial charge is 0.481 e. The van der Waals surface area contributed by atoms with Crippen molar-refractivity contribution in [3.8, 4) is 5.75 Å². The number of carbonyl (C=O) groups is 1. The molecule has 1 aromatic rings.